The minimum atomic E-state index is 0.309. The highest BCUT2D eigenvalue weighted by atomic mass is 35.5. The lowest BCUT2D eigenvalue weighted by atomic mass is 9.81. The van der Waals surface area contributed by atoms with Crippen LogP contribution in [0.1, 0.15) is 36.4 Å². The topological polar surface area (TPSA) is 12.0 Å². The van der Waals surface area contributed by atoms with Gasteiger partial charge in [0.2, 0.25) is 0 Å². The van der Waals surface area contributed by atoms with Gasteiger partial charge in [-0.05, 0) is 42.7 Å². The second kappa shape index (κ2) is 5.34. The monoisotopic (exact) mass is 283 g/mol. The van der Waals surface area contributed by atoms with Gasteiger partial charge >= 0.3 is 0 Å². The third-order valence-electron chi connectivity index (χ3n) is 4.00. The molecule has 0 saturated heterocycles. The summed E-state index contributed by atoms with van der Waals surface area (Å²) in [7, 11) is 0. The minimum Gasteiger partial charge on any atom is -0.378 e. The molecule has 0 amide bonds. The zero-order valence-corrected chi connectivity index (χ0v) is 12.3. The molecule has 0 radical (unpaired) electrons. The van der Waals surface area contributed by atoms with Crippen LogP contribution in [0.25, 0.3) is 0 Å². The van der Waals surface area contributed by atoms with E-state index >= 15 is 0 Å². The summed E-state index contributed by atoms with van der Waals surface area (Å²) < 4.78 is 0. The van der Waals surface area contributed by atoms with Crippen molar-refractivity contribution in [3.8, 4) is 0 Å². The van der Waals surface area contributed by atoms with E-state index in [-0.39, 0.29) is 0 Å². The number of halogens is 1. The Labute approximate surface area is 125 Å². The Morgan fingerprint density at radius 2 is 1.85 bits per heavy atom. The molecule has 3 rings (SSSR count). The Bertz CT molecular complexity index is 630. The molecule has 2 atom stereocenters. The van der Waals surface area contributed by atoms with E-state index in [4.69, 9.17) is 11.6 Å². The van der Waals surface area contributed by atoms with Crippen LogP contribution in [0, 0.1) is 0 Å². The first kappa shape index (κ1) is 13.3. The molecule has 0 spiro atoms. The van der Waals surface area contributed by atoms with Gasteiger partial charge in [0.15, 0.2) is 0 Å². The van der Waals surface area contributed by atoms with Crippen molar-refractivity contribution in [1.82, 2.24) is 0 Å². The number of para-hydroxylation sites is 1. The molecule has 1 N–H and O–H groups in total. The molecule has 1 nitrogen and oxygen atoms in total. The molecule has 2 heteroatoms. The van der Waals surface area contributed by atoms with Crippen LogP contribution in [0.3, 0.4) is 0 Å². The van der Waals surface area contributed by atoms with Crippen molar-refractivity contribution in [3.63, 3.8) is 0 Å². The SMILES string of the molecule is C=C(C)[C@@H]1C[C@@H](c2ccc(Cl)cc2)Nc2ccccc21. The van der Waals surface area contributed by atoms with Crippen LogP contribution in [-0.2, 0) is 0 Å². The van der Waals surface area contributed by atoms with Crippen molar-refractivity contribution >= 4 is 17.3 Å². The van der Waals surface area contributed by atoms with E-state index in [0.717, 1.165) is 11.4 Å². The Hall–Kier alpha value is -1.73. The zero-order valence-electron chi connectivity index (χ0n) is 11.6. The maximum absolute atomic E-state index is 5.98. The Morgan fingerprint density at radius 1 is 1.15 bits per heavy atom. The Balaban J connectivity index is 1.97. The molecule has 0 saturated carbocycles. The van der Waals surface area contributed by atoms with Gasteiger partial charge in [-0.3, -0.25) is 0 Å². The summed E-state index contributed by atoms with van der Waals surface area (Å²) in [6.07, 6.45) is 1.04. The highest BCUT2D eigenvalue weighted by Gasteiger charge is 2.27. The molecule has 1 aliphatic heterocycles. The van der Waals surface area contributed by atoms with Crippen molar-refractivity contribution < 1.29 is 0 Å². The molecular weight excluding hydrogens is 266 g/mol. The van der Waals surface area contributed by atoms with Crippen LogP contribution in [0.15, 0.2) is 60.7 Å². The van der Waals surface area contributed by atoms with E-state index in [1.807, 2.05) is 12.1 Å². The lowest BCUT2D eigenvalue weighted by Gasteiger charge is -2.34. The number of hydrogen-bond donors (Lipinski definition) is 1. The predicted octanol–water partition coefficient (Wildman–Crippen LogP) is 5.56. The lowest BCUT2D eigenvalue weighted by molar-refractivity contribution is 0.597. The van der Waals surface area contributed by atoms with Crippen molar-refractivity contribution in [2.24, 2.45) is 0 Å². The van der Waals surface area contributed by atoms with Gasteiger partial charge in [0.1, 0.15) is 0 Å². The number of allylic oxidation sites excluding steroid dienone is 1. The van der Waals surface area contributed by atoms with Crippen molar-refractivity contribution in [2.75, 3.05) is 5.32 Å². The summed E-state index contributed by atoms with van der Waals surface area (Å²) in [5.41, 5.74) is 5.06. The number of hydrogen-bond acceptors (Lipinski definition) is 1. The third-order valence-corrected chi connectivity index (χ3v) is 4.26. The number of fused-ring (bicyclic) bond motifs is 1. The van der Waals surface area contributed by atoms with E-state index in [9.17, 15) is 0 Å². The largest absolute Gasteiger partial charge is 0.378 e. The molecule has 0 unspecified atom stereocenters. The van der Waals surface area contributed by atoms with Crippen LogP contribution in [0.5, 0.6) is 0 Å². The van der Waals surface area contributed by atoms with Crippen molar-refractivity contribution in [2.45, 2.75) is 25.3 Å². The fourth-order valence-corrected chi connectivity index (χ4v) is 3.05. The number of nitrogens with one attached hydrogen (secondary N) is 1. The van der Waals surface area contributed by atoms with Crippen LogP contribution in [0.4, 0.5) is 5.69 Å². The second-order valence-electron chi connectivity index (χ2n) is 5.47. The summed E-state index contributed by atoms with van der Waals surface area (Å²) in [6, 6.07) is 16.9. The summed E-state index contributed by atoms with van der Waals surface area (Å²) in [4.78, 5) is 0. The average molecular weight is 284 g/mol. The lowest BCUT2D eigenvalue weighted by Crippen LogP contribution is -2.22. The minimum absolute atomic E-state index is 0.309. The predicted molar refractivity (Wildman–Crippen MR) is 86.4 cm³/mol. The quantitative estimate of drug-likeness (QED) is 0.712. The maximum Gasteiger partial charge on any atom is 0.0522 e. The molecule has 0 bridgehead atoms. The summed E-state index contributed by atoms with van der Waals surface area (Å²) in [6.45, 7) is 6.29. The zero-order chi connectivity index (χ0) is 14.1. The highest BCUT2D eigenvalue weighted by molar-refractivity contribution is 6.30. The maximum atomic E-state index is 5.98. The molecule has 2 aromatic rings. The number of rotatable bonds is 2. The van der Waals surface area contributed by atoms with Crippen LogP contribution in [-0.4, -0.2) is 0 Å². The van der Waals surface area contributed by atoms with Gasteiger partial charge in [0, 0.05) is 16.6 Å². The van der Waals surface area contributed by atoms with Crippen molar-refractivity contribution in [1.29, 1.82) is 0 Å². The molecule has 0 aromatic heterocycles. The molecule has 20 heavy (non-hydrogen) atoms. The first-order valence-corrected chi connectivity index (χ1v) is 7.29. The van der Waals surface area contributed by atoms with Gasteiger partial charge in [-0.15, -0.1) is 0 Å². The Morgan fingerprint density at radius 3 is 2.55 bits per heavy atom. The fourth-order valence-electron chi connectivity index (χ4n) is 2.92. The first-order chi connectivity index (χ1) is 9.65. The number of benzene rings is 2. The van der Waals surface area contributed by atoms with E-state index in [1.165, 1.54) is 22.4 Å². The third kappa shape index (κ3) is 2.46. The van der Waals surface area contributed by atoms with E-state index < -0.39 is 0 Å². The molecular formula is C18H18ClN. The molecule has 1 heterocycles. The molecule has 0 aliphatic carbocycles. The van der Waals surface area contributed by atoms with Gasteiger partial charge < -0.3 is 5.32 Å². The molecule has 0 fully saturated rings. The molecule has 102 valence electrons. The average Bonchev–Trinajstić information content (AvgIpc) is 2.46. The van der Waals surface area contributed by atoms with Gasteiger partial charge in [-0.25, -0.2) is 0 Å². The smallest absolute Gasteiger partial charge is 0.0522 e. The van der Waals surface area contributed by atoms with E-state index in [2.05, 4.69) is 55.2 Å². The van der Waals surface area contributed by atoms with Gasteiger partial charge in [-0.1, -0.05) is 54.1 Å². The summed E-state index contributed by atoms with van der Waals surface area (Å²) >= 11 is 5.98. The van der Waals surface area contributed by atoms with Gasteiger partial charge in [0.25, 0.3) is 0 Å². The van der Waals surface area contributed by atoms with E-state index in [1.54, 1.807) is 0 Å². The summed E-state index contributed by atoms with van der Waals surface area (Å²) in [5.74, 6) is 0.410. The normalized spacial score (nSPS) is 20.9. The fraction of sp³-hybridized carbons (Fsp3) is 0.222. The van der Waals surface area contributed by atoms with Crippen molar-refractivity contribution in [3.05, 3.63) is 76.8 Å². The standard InChI is InChI=1S/C18H18ClN/c1-12(2)16-11-18(13-7-9-14(19)10-8-13)20-17-6-4-3-5-15(16)17/h3-10,16,18,20H,1,11H2,2H3/t16-,18-/m0/s1. The first-order valence-electron chi connectivity index (χ1n) is 6.91. The number of anilines is 1. The van der Waals surface area contributed by atoms with Crippen LogP contribution < -0.4 is 5.32 Å². The van der Waals surface area contributed by atoms with E-state index in [0.29, 0.717) is 12.0 Å². The highest BCUT2D eigenvalue weighted by Crippen LogP contribution is 2.43. The van der Waals surface area contributed by atoms with Crippen LogP contribution >= 0.6 is 11.6 Å². The second-order valence-corrected chi connectivity index (χ2v) is 5.91. The molecule has 1 aliphatic rings. The summed E-state index contributed by atoms with van der Waals surface area (Å²) in [5, 5.41) is 4.41. The molecule has 2 aromatic carbocycles. The van der Waals surface area contributed by atoms with Crippen LogP contribution in [0.2, 0.25) is 5.02 Å². The van der Waals surface area contributed by atoms with Gasteiger partial charge in [0.05, 0.1) is 6.04 Å². The Kier molecular flexibility index (Phi) is 3.54. The van der Waals surface area contributed by atoms with Gasteiger partial charge in [-0.2, -0.15) is 0 Å².